The molecule has 0 bridgehead atoms. The third kappa shape index (κ3) is 2.17. The molecule has 3 atom stereocenters. The molecule has 0 amide bonds. The Morgan fingerprint density at radius 3 is 2.74 bits per heavy atom. The molecule has 3 rings (SSSR count). The molecule has 0 aromatic heterocycles. The van der Waals surface area contributed by atoms with Gasteiger partial charge in [-0.15, -0.1) is 0 Å². The summed E-state index contributed by atoms with van der Waals surface area (Å²) in [7, 11) is 0. The molecule has 0 unspecified atom stereocenters. The molecule has 1 heterocycles. The molecule has 104 valence electrons. The number of alkyl halides is 1. The summed E-state index contributed by atoms with van der Waals surface area (Å²) in [5.41, 5.74) is 1.58. The Hall–Kier alpha value is -0.0200. The highest BCUT2D eigenvalue weighted by Crippen LogP contribution is 2.55. The summed E-state index contributed by atoms with van der Waals surface area (Å²) < 4.78 is 7.56. The second-order valence-corrected chi connectivity index (χ2v) is 8.77. The molecule has 0 radical (unpaired) electrons. The predicted octanol–water partition coefficient (Wildman–Crippen LogP) is 5.34. The summed E-state index contributed by atoms with van der Waals surface area (Å²) >= 11 is 7.45. The number of halogens is 2. The van der Waals surface area contributed by atoms with E-state index in [1.807, 2.05) is 0 Å². The molecule has 1 aromatic carbocycles. The fraction of sp³-hybridized carbons (Fsp3) is 0.625. The molecule has 3 heteroatoms. The number of rotatable bonds is 0. The monoisotopic (exact) mass is 386 g/mol. The van der Waals surface area contributed by atoms with E-state index in [4.69, 9.17) is 4.74 Å². The SMILES string of the molecule is CC1(C)[C@@H](Br)CC[C@@]2(C)Oc3ccc(Br)cc3C[C@@H]12. The van der Waals surface area contributed by atoms with Gasteiger partial charge in [-0.2, -0.15) is 0 Å². The van der Waals surface area contributed by atoms with Crippen molar-refractivity contribution in [2.75, 3.05) is 0 Å². The fourth-order valence-corrected chi connectivity index (χ4v) is 4.80. The molecule has 1 saturated carbocycles. The summed E-state index contributed by atoms with van der Waals surface area (Å²) in [5.74, 6) is 1.63. The molecule has 0 saturated heterocycles. The van der Waals surface area contributed by atoms with Crippen molar-refractivity contribution >= 4 is 31.9 Å². The molecular weight excluding hydrogens is 368 g/mol. The van der Waals surface area contributed by atoms with Crippen LogP contribution >= 0.6 is 31.9 Å². The molecule has 2 aliphatic rings. The van der Waals surface area contributed by atoms with Crippen molar-refractivity contribution in [3.63, 3.8) is 0 Å². The van der Waals surface area contributed by atoms with Gasteiger partial charge in [-0.05, 0) is 55.4 Å². The fourth-order valence-electron chi connectivity index (χ4n) is 3.84. The van der Waals surface area contributed by atoms with Crippen LogP contribution in [0.3, 0.4) is 0 Å². The van der Waals surface area contributed by atoms with Crippen molar-refractivity contribution in [2.24, 2.45) is 11.3 Å². The largest absolute Gasteiger partial charge is 0.487 e. The zero-order valence-corrected chi connectivity index (χ0v) is 14.8. The van der Waals surface area contributed by atoms with Crippen molar-refractivity contribution in [1.29, 1.82) is 0 Å². The maximum Gasteiger partial charge on any atom is 0.123 e. The molecule has 1 nitrogen and oxygen atoms in total. The zero-order valence-electron chi connectivity index (χ0n) is 11.7. The molecule has 1 aliphatic heterocycles. The van der Waals surface area contributed by atoms with Crippen LogP contribution in [-0.4, -0.2) is 10.4 Å². The molecule has 1 aromatic rings. The van der Waals surface area contributed by atoms with Crippen LogP contribution in [0.5, 0.6) is 5.75 Å². The van der Waals surface area contributed by atoms with Crippen molar-refractivity contribution in [2.45, 2.75) is 50.5 Å². The van der Waals surface area contributed by atoms with Crippen molar-refractivity contribution in [3.8, 4) is 5.75 Å². The highest BCUT2D eigenvalue weighted by molar-refractivity contribution is 9.10. The van der Waals surface area contributed by atoms with Crippen LogP contribution in [0.1, 0.15) is 39.2 Å². The van der Waals surface area contributed by atoms with Gasteiger partial charge in [-0.1, -0.05) is 45.7 Å². The van der Waals surface area contributed by atoms with E-state index in [1.54, 1.807) is 0 Å². The van der Waals surface area contributed by atoms with E-state index in [-0.39, 0.29) is 11.0 Å². The quantitative estimate of drug-likeness (QED) is 0.545. The van der Waals surface area contributed by atoms with Gasteiger partial charge in [0.15, 0.2) is 0 Å². The maximum atomic E-state index is 6.42. The smallest absolute Gasteiger partial charge is 0.123 e. The molecular formula is C16H20Br2O. The van der Waals surface area contributed by atoms with Gasteiger partial charge in [0.05, 0.1) is 0 Å². The lowest BCUT2D eigenvalue weighted by molar-refractivity contribution is -0.0772. The van der Waals surface area contributed by atoms with Crippen LogP contribution in [0.2, 0.25) is 0 Å². The van der Waals surface area contributed by atoms with Crippen LogP contribution in [0.4, 0.5) is 0 Å². The van der Waals surface area contributed by atoms with Gasteiger partial charge in [0.2, 0.25) is 0 Å². The highest BCUT2D eigenvalue weighted by atomic mass is 79.9. The summed E-state index contributed by atoms with van der Waals surface area (Å²) in [6, 6.07) is 6.39. The second kappa shape index (κ2) is 4.49. The van der Waals surface area contributed by atoms with Crippen LogP contribution in [0, 0.1) is 11.3 Å². The Morgan fingerprint density at radius 2 is 2.00 bits per heavy atom. The van der Waals surface area contributed by atoms with Gasteiger partial charge < -0.3 is 4.74 Å². The molecule has 0 N–H and O–H groups in total. The topological polar surface area (TPSA) is 9.23 Å². The Balaban J connectivity index is 2.04. The van der Waals surface area contributed by atoms with E-state index in [0.29, 0.717) is 10.7 Å². The third-order valence-corrected chi connectivity index (χ3v) is 7.26. The lowest BCUT2D eigenvalue weighted by Gasteiger charge is -2.55. The van der Waals surface area contributed by atoms with Crippen molar-refractivity contribution in [1.82, 2.24) is 0 Å². The number of hydrogen-bond acceptors (Lipinski definition) is 1. The lowest BCUT2D eigenvalue weighted by atomic mass is 9.59. The first-order chi connectivity index (χ1) is 8.83. The van der Waals surface area contributed by atoms with Crippen LogP contribution in [0.15, 0.2) is 22.7 Å². The Bertz CT molecular complexity index is 511. The van der Waals surface area contributed by atoms with Crippen molar-refractivity contribution < 1.29 is 4.74 Å². The van der Waals surface area contributed by atoms with Gasteiger partial charge in [-0.25, -0.2) is 0 Å². The third-order valence-electron chi connectivity index (χ3n) is 5.13. The second-order valence-electron chi connectivity index (χ2n) is 6.75. The normalized spacial score (nSPS) is 36.1. The molecule has 0 spiro atoms. The first kappa shape index (κ1) is 13.9. The number of ether oxygens (including phenoxy) is 1. The van der Waals surface area contributed by atoms with E-state index >= 15 is 0 Å². The first-order valence-corrected chi connectivity index (χ1v) is 8.65. The highest BCUT2D eigenvalue weighted by Gasteiger charge is 2.53. The summed E-state index contributed by atoms with van der Waals surface area (Å²) in [6.07, 6.45) is 3.43. The molecule has 1 aliphatic carbocycles. The molecule has 19 heavy (non-hydrogen) atoms. The van der Waals surface area contributed by atoms with Gasteiger partial charge >= 0.3 is 0 Å². The Kier molecular flexibility index (Phi) is 3.29. The summed E-state index contributed by atoms with van der Waals surface area (Å²) in [4.78, 5) is 0.579. The van der Waals surface area contributed by atoms with E-state index in [2.05, 4.69) is 70.8 Å². The van der Waals surface area contributed by atoms with E-state index in [9.17, 15) is 0 Å². The number of benzene rings is 1. The van der Waals surface area contributed by atoms with Crippen LogP contribution < -0.4 is 4.74 Å². The van der Waals surface area contributed by atoms with E-state index in [0.717, 1.165) is 23.1 Å². The van der Waals surface area contributed by atoms with Gasteiger partial charge in [0.1, 0.15) is 11.4 Å². The van der Waals surface area contributed by atoms with E-state index in [1.165, 1.54) is 12.0 Å². The maximum absolute atomic E-state index is 6.42. The van der Waals surface area contributed by atoms with Crippen molar-refractivity contribution in [3.05, 3.63) is 28.2 Å². The van der Waals surface area contributed by atoms with Gasteiger partial charge in [-0.3, -0.25) is 0 Å². The van der Waals surface area contributed by atoms with Gasteiger partial charge in [0, 0.05) is 15.2 Å². The first-order valence-electron chi connectivity index (χ1n) is 6.94. The predicted molar refractivity (Wildman–Crippen MR) is 86.1 cm³/mol. The van der Waals surface area contributed by atoms with E-state index < -0.39 is 0 Å². The average Bonchev–Trinajstić information content (AvgIpc) is 2.34. The zero-order chi connectivity index (χ0) is 13.8. The Labute approximate surface area is 132 Å². The minimum atomic E-state index is -0.0192. The minimum absolute atomic E-state index is 0.0192. The summed E-state index contributed by atoms with van der Waals surface area (Å²) in [5, 5.41) is 0. The average molecular weight is 388 g/mol. The van der Waals surface area contributed by atoms with Gasteiger partial charge in [0.25, 0.3) is 0 Å². The standard InChI is InChI=1S/C16H20Br2O/c1-15(2)13-9-10-8-11(17)4-5-12(10)19-16(13,3)7-6-14(15)18/h4-5,8,13-14H,6-7,9H2,1-3H3/t13-,14-,16+/m0/s1. The Morgan fingerprint density at radius 1 is 1.26 bits per heavy atom. The molecule has 1 fully saturated rings. The lowest BCUT2D eigenvalue weighted by Crippen LogP contribution is -2.57. The number of hydrogen-bond donors (Lipinski definition) is 0. The minimum Gasteiger partial charge on any atom is -0.487 e. The van der Waals surface area contributed by atoms with Crippen LogP contribution in [0.25, 0.3) is 0 Å². The van der Waals surface area contributed by atoms with Crippen LogP contribution in [-0.2, 0) is 6.42 Å². The number of fused-ring (bicyclic) bond motifs is 2. The summed E-state index contributed by atoms with van der Waals surface area (Å²) in [6.45, 7) is 7.05.